The number of fused-ring (bicyclic) bond motifs is 1. The highest BCUT2D eigenvalue weighted by atomic mass is 16.5. The molecule has 4 rings (SSSR count). The lowest BCUT2D eigenvalue weighted by molar-refractivity contribution is 0.0599. The summed E-state index contributed by atoms with van der Waals surface area (Å²) in [5, 5.41) is 4.20. The van der Waals surface area contributed by atoms with E-state index in [1.165, 1.54) is 7.11 Å². The number of anilines is 1. The van der Waals surface area contributed by atoms with Gasteiger partial charge in [-0.25, -0.2) is 4.79 Å². The third-order valence-electron chi connectivity index (χ3n) is 5.01. The van der Waals surface area contributed by atoms with E-state index >= 15 is 0 Å². The summed E-state index contributed by atoms with van der Waals surface area (Å²) >= 11 is 0. The average molecular weight is 375 g/mol. The zero-order valence-electron chi connectivity index (χ0n) is 15.7. The van der Waals surface area contributed by atoms with Gasteiger partial charge in [0.1, 0.15) is 0 Å². The first-order valence-electron chi connectivity index (χ1n) is 9.26. The molecule has 6 heteroatoms. The SMILES string of the molecule is COC(=O)c1cccc2c1CCCN2C(=O)c1ccc(Cn2cccn2)cc1. The first-order valence-corrected chi connectivity index (χ1v) is 9.26. The summed E-state index contributed by atoms with van der Waals surface area (Å²) in [5.41, 5.74) is 3.91. The van der Waals surface area contributed by atoms with Crippen LogP contribution in [0.25, 0.3) is 0 Å². The molecule has 0 atom stereocenters. The Morgan fingerprint density at radius 1 is 1.11 bits per heavy atom. The number of aromatic nitrogens is 2. The highest BCUT2D eigenvalue weighted by Gasteiger charge is 2.27. The number of carbonyl (C=O) groups is 2. The third-order valence-corrected chi connectivity index (χ3v) is 5.01. The van der Waals surface area contributed by atoms with Gasteiger partial charge in [-0.05, 0) is 54.3 Å². The largest absolute Gasteiger partial charge is 0.465 e. The number of benzene rings is 2. The van der Waals surface area contributed by atoms with Crippen LogP contribution < -0.4 is 4.90 Å². The minimum atomic E-state index is -0.367. The lowest BCUT2D eigenvalue weighted by atomic mass is 9.95. The molecule has 0 aliphatic carbocycles. The summed E-state index contributed by atoms with van der Waals surface area (Å²) in [6.07, 6.45) is 5.22. The van der Waals surface area contributed by atoms with Gasteiger partial charge >= 0.3 is 5.97 Å². The Balaban J connectivity index is 1.59. The van der Waals surface area contributed by atoms with Crippen LogP contribution in [0.15, 0.2) is 60.9 Å². The van der Waals surface area contributed by atoms with Gasteiger partial charge in [-0.15, -0.1) is 0 Å². The first kappa shape index (κ1) is 18.0. The molecule has 1 amide bonds. The molecule has 0 unspecified atom stereocenters. The second-order valence-electron chi connectivity index (χ2n) is 6.76. The van der Waals surface area contributed by atoms with Crippen molar-refractivity contribution < 1.29 is 14.3 Å². The molecule has 0 radical (unpaired) electrons. The predicted octanol–water partition coefficient (Wildman–Crippen LogP) is 3.31. The maximum absolute atomic E-state index is 13.1. The Kier molecular flexibility index (Phi) is 4.93. The molecular formula is C22H21N3O3. The minimum absolute atomic E-state index is 0.0615. The molecule has 142 valence electrons. The maximum Gasteiger partial charge on any atom is 0.338 e. The number of carbonyl (C=O) groups excluding carboxylic acids is 2. The van der Waals surface area contributed by atoms with Crippen molar-refractivity contribution >= 4 is 17.6 Å². The molecule has 1 aliphatic heterocycles. The van der Waals surface area contributed by atoms with Crippen LogP contribution in [-0.2, 0) is 17.7 Å². The molecule has 6 nitrogen and oxygen atoms in total. The first-order chi connectivity index (χ1) is 13.7. The Morgan fingerprint density at radius 2 is 1.93 bits per heavy atom. The quantitative estimate of drug-likeness (QED) is 0.656. The summed E-state index contributed by atoms with van der Waals surface area (Å²) in [5.74, 6) is -0.428. The van der Waals surface area contributed by atoms with Gasteiger partial charge in [0.05, 0.1) is 19.2 Å². The normalized spacial score (nSPS) is 13.1. The van der Waals surface area contributed by atoms with Crippen LogP contribution in [0.3, 0.4) is 0 Å². The topological polar surface area (TPSA) is 64.4 Å². The molecular weight excluding hydrogens is 354 g/mol. The molecule has 0 saturated heterocycles. The monoisotopic (exact) mass is 375 g/mol. The zero-order valence-corrected chi connectivity index (χ0v) is 15.7. The molecule has 3 aromatic rings. The van der Waals surface area contributed by atoms with Gasteiger partial charge in [0.2, 0.25) is 0 Å². The summed E-state index contributed by atoms with van der Waals surface area (Å²) in [4.78, 5) is 27.0. The van der Waals surface area contributed by atoms with Gasteiger partial charge in [-0.2, -0.15) is 5.10 Å². The van der Waals surface area contributed by atoms with Gasteiger partial charge in [-0.3, -0.25) is 9.48 Å². The van der Waals surface area contributed by atoms with E-state index in [0.717, 1.165) is 29.7 Å². The van der Waals surface area contributed by atoms with Gasteiger partial charge in [0, 0.05) is 30.2 Å². The highest BCUT2D eigenvalue weighted by molar-refractivity contribution is 6.07. The van der Waals surface area contributed by atoms with Crippen molar-refractivity contribution in [3.63, 3.8) is 0 Å². The lowest BCUT2D eigenvalue weighted by Crippen LogP contribution is -2.36. The third kappa shape index (κ3) is 3.41. The Morgan fingerprint density at radius 3 is 2.64 bits per heavy atom. The average Bonchev–Trinajstić information content (AvgIpc) is 3.25. The van der Waals surface area contributed by atoms with Gasteiger partial charge < -0.3 is 9.64 Å². The molecule has 2 aromatic carbocycles. The number of ether oxygens (including phenoxy) is 1. The van der Waals surface area contributed by atoms with Gasteiger partial charge in [0.15, 0.2) is 0 Å². The molecule has 1 aliphatic rings. The van der Waals surface area contributed by atoms with Crippen molar-refractivity contribution in [2.24, 2.45) is 0 Å². The smallest absolute Gasteiger partial charge is 0.338 e. The van der Waals surface area contributed by atoms with Crippen molar-refractivity contribution in [2.75, 3.05) is 18.6 Å². The number of nitrogens with zero attached hydrogens (tertiary/aromatic N) is 3. The van der Waals surface area contributed by atoms with Crippen LogP contribution in [0.1, 0.15) is 38.3 Å². The molecule has 28 heavy (non-hydrogen) atoms. The molecule has 2 heterocycles. The zero-order chi connectivity index (χ0) is 19.5. The van der Waals surface area contributed by atoms with E-state index < -0.39 is 0 Å². The Bertz CT molecular complexity index is 994. The van der Waals surface area contributed by atoms with E-state index in [4.69, 9.17) is 4.74 Å². The summed E-state index contributed by atoms with van der Waals surface area (Å²) < 4.78 is 6.73. The van der Waals surface area contributed by atoms with Crippen molar-refractivity contribution in [1.82, 2.24) is 9.78 Å². The number of hydrogen-bond acceptors (Lipinski definition) is 4. The predicted molar refractivity (Wildman–Crippen MR) is 106 cm³/mol. The van der Waals surface area contributed by atoms with Gasteiger partial charge in [0.25, 0.3) is 5.91 Å². The van der Waals surface area contributed by atoms with Crippen LogP contribution in [0.5, 0.6) is 0 Å². The number of hydrogen-bond donors (Lipinski definition) is 0. The molecule has 0 N–H and O–H groups in total. The van der Waals surface area contributed by atoms with E-state index in [-0.39, 0.29) is 11.9 Å². The van der Waals surface area contributed by atoms with Crippen LogP contribution >= 0.6 is 0 Å². The van der Waals surface area contributed by atoms with E-state index in [1.807, 2.05) is 47.3 Å². The van der Waals surface area contributed by atoms with Crippen molar-refractivity contribution in [3.8, 4) is 0 Å². The van der Waals surface area contributed by atoms with Crippen molar-refractivity contribution in [2.45, 2.75) is 19.4 Å². The molecule has 0 saturated carbocycles. The molecule has 1 aromatic heterocycles. The Hall–Kier alpha value is -3.41. The van der Waals surface area contributed by atoms with E-state index in [0.29, 0.717) is 24.2 Å². The fourth-order valence-electron chi connectivity index (χ4n) is 3.63. The summed E-state index contributed by atoms with van der Waals surface area (Å²) in [6.45, 7) is 1.29. The number of rotatable bonds is 4. The Labute approximate surface area is 163 Å². The molecule has 0 bridgehead atoms. The van der Waals surface area contributed by atoms with Crippen LogP contribution in [0.2, 0.25) is 0 Å². The maximum atomic E-state index is 13.1. The fourth-order valence-corrected chi connectivity index (χ4v) is 3.63. The van der Waals surface area contributed by atoms with E-state index in [1.54, 1.807) is 23.2 Å². The lowest BCUT2D eigenvalue weighted by Gasteiger charge is -2.30. The second-order valence-corrected chi connectivity index (χ2v) is 6.76. The van der Waals surface area contributed by atoms with Crippen molar-refractivity contribution in [3.05, 3.63) is 83.2 Å². The number of esters is 1. The standard InChI is InChI=1S/C22H21N3O3/c1-28-22(27)19-5-2-7-20-18(19)6-3-14-25(20)21(26)17-10-8-16(9-11-17)15-24-13-4-12-23-24/h2,4-5,7-13H,3,6,14-15H2,1H3. The molecule has 0 spiro atoms. The van der Waals surface area contributed by atoms with Crippen LogP contribution in [-0.4, -0.2) is 35.3 Å². The second kappa shape index (κ2) is 7.68. The van der Waals surface area contributed by atoms with Crippen LogP contribution in [0.4, 0.5) is 5.69 Å². The summed E-state index contributed by atoms with van der Waals surface area (Å²) in [7, 11) is 1.37. The van der Waals surface area contributed by atoms with E-state index in [9.17, 15) is 9.59 Å². The van der Waals surface area contributed by atoms with Gasteiger partial charge in [-0.1, -0.05) is 18.2 Å². The van der Waals surface area contributed by atoms with E-state index in [2.05, 4.69) is 5.10 Å². The summed E-state index contributed by atoms with van der Waals surface area (Å²) in [6, 6.07) is 14.9. The number of methoxy groups -OCH3 is 1. The fraction of sp³-hybridized carbons (Fsp3) is 0.227. The number of amides is 1. The van der Waals surface area contributed by atoms with Crippen molar-refractivity contribution in [1.29, 1.82) is 0 Å². The minimum Gasteiger partial charge on any atom is -0.465 e. The highest BCUT2D eigenvalue weighted by Crippen LogP contribution is 2.31. The van der Waals surface area contributed by atoms with Crippen LogP contribution in [0, 0.1) is 0 Å². The molecule has 0 fully saturated rings.